The minimum atomic E-state index is -2.24. The number of hydrogen-bond donors (Lipinski definition) is 1. The van der Waals surface area contributed by atoms with E-state index < -0.39 is 12.0 Å². The molecule has 0 heterocycles. The van der Waals surface area contributed by atoms with E-state index in [1.807, 2.05) is 0 Å². The lowest BCUT2D eigenvalue weighted by Crippen LogP contribution is -2.49. The van der Waals surface area contributed by atoms with Gasteiger partial charge in [-0.15, -0.1) is 0 Å². The fourth-order valence-electron chi connectivity index (χ4n) is 2.64. The molecular formula is C12H23F2N. The summed E-state index contributed by atoms with van der Waals surface area (Å²) in [6.45, 7) is 4.39. The Bertz CT molecular complexity index is 194. The van der Waals surface area contributed by atoms with Gasteiger partial charge in [0.1, 0.15) is 0 Å². The summed E-state index contributed by atoms with van der Waals surface area (Å²) < 4.78 is 26.0. The minimum absolute atomic E-state index is 0.615. The van der Waals surface area contributed by atoms with Gasteiger partial charge in [0.15, 0.2) is 0 Å². The molecule has 0 aromatic rings. The average molecular weight is 219 g/mol. The Labute approximate surface area is 91.6 Å². The average Bonchev–Trinajstić information content (AvgIpc) is 2.40. The number of hydrogen-bond acceptors (Lipinski definition) is 1. The molecule has 3 heteroatoms. The molecule has 0 aromatic heterocycles. The number of halogens is 2. The first-order valence-corrected chi connectivity index (χ1v) is 5.99. The Morgan fingerprint density at radius 2 is 1.87 bits per heavy atom. The van der Waals surface area contributed by atoms with Gasteiger partial charge < -0.3 is 5.32 Å². The summed E-state index contributed by atoms with van der Waals surface area (Å²) in [6.07, 6.45) is 1.95. The monoisotopic (exact) mass is 219 g/mol. The molecule has 0 aromatic carbocycles. The van der Waals surface area contributed by atoms with Crippen molar-refractivity contribution in [2.75, 3.05) is 7.05 Å². The summed E-state index contributed by atoms with van der Waals surface area (Å²) in [5.74, 6) is 1.24. The highest BCUT2D eigenvalue weighted by Gasteiger charge is 2.40. The van der Waals surface area contributed by atoms with Crippen LogP contribution < -0.4 is 5.32 Å². The molecule has 15 heavy (non-hydrogen) atoms. The fraction of sp³-hybridized carbons (Fsp3) is 1.00. The van der Waals surface area contributed by atoms with Gasteiger partial charge in [0.25, 0.3) is 6.43 Å². The first-order valence-electron chi connectivity index (χ1n) is 5.99. The Morgan fingerprint density at radius 1 is 1.20 bits per heavy atom. The molecule has 0 amide bonds. The fourth-order valence-corrected chi connectivity index (χ4v) is 2.64. The number of rotatable bonds is 3. The quantitative estimate of drug-likeness (QED) is 0.717. The van der Waals surface area contributed by atoms with Crippen molar-refractivity contribution in [3.05, 3.63) is 0 Å². The second-order valence-electron chi connectivity index (χ2n) is 5.14. The van der Waals surface area contributed by atoms with Crippen LogP contribution in [0.3, 0.4) is 0 Å². The molecule has 2 unspecified atom stereocenters. The van der Waals surface area contributed by atoms with E-state index in [0.717, 1.165) is 19.3 Å². The van der Waals surface area contributed by atoms with Crippen LogP contribution in [0.15, 0.2) is 0 Å². The molecule has 0 bridgehead atoms. The van der Waals surface area contributed by atoms with Crippen molar-refractivity contribution < 1.29 is 8.78 Å². The molecule has 1 N–H and O–H groups in total. The van der Waals surface area contributed by atoms with Crippen LogP contribution in [0.1, 0.15) is 46.0 Å². The predicted molar refractivity (Wildman–Crippen MR) is 59.2 cm³/mol. The highest BCUT2D eigenvalue weighted by atomic mass is 19.3. The molecule has 1 aliphatic rings. The van der Waals surface area contributed by atoms with Crippen LogP contribution >= 0.6 is 0 Å². The Morgan fingerprint density at radius 3 is 2.33 bits per heavy atom. The van der Waals surface area contributed by atoms with Crippen molar-refractivity contribution in [1.82, 2.24) is 5.32 Å². The third kappa shape index (κ3) is 2.90. The lowest BCUT2D eigenvalue weighted by molar-refractivity contribution is 0.0237. The standard InChI is InChI=1S/C12H23F2N/c1-9(2)10-5-4-7-12(15-3,8-6-10)11(13)14/h9-11,15H,4-8H2,1-3H3. The first-order chi connectivity index (χ1) is 7.02. The van der Waals surface area contributed by atoms with E-state index in [1.165, 1.54) is 0 Å². The summed E-state index contributed by atoms with van der Waals surface area (Å²) in [4.78, 5) is 0. The molecule has 90 valence electrons. The van der Waals surface area contributed by atoms with E-state index in [9.17, 15) is 8.78 Å². The van der Waals surface area contributed by atoms with Gasteiger partial charge >= 0.3 is 0 Å². The van der Waals surface area contributed by atoms with E-state index in [4.69, 9.17) is 0 Å². The van der Waals surface area contributed by atoms with E-state index in [2.05, 4.69) is 19.2 Å². The summed E-state index contributed by atoms with van der Waals surface area (Å²) in [5.41, 5.74) is -0.913. The molecule has 1 nitrogen and oxygen atoms in total. The first kappa shape index (κ1) is 12.9. The van der Waals surface area contributed by atoms with Crippen LogP contribution in [0.5, 0.6) is 0 Å². The van der Waals surface area contributed by atoms with Gasteiger partial charge in [-0.05, 0) is 38.1 Å². The second-order valence-corrected chi connectivity index (χ2v) is 5.14. The van der Waals surface area contributed by atoms with Gasteiger partial charge in [0.2, 0.25) is 0 Å². The van der Waals surface area contributed by atoms with Crippen molar-refractivity contribution in [2.45, 2.75) is 57.9 Å². The molecule has 2 atom stereocenters. The smallest absolute Gasteiger partial charge is 0.256 e. The van der Waals surface area contributed by atoms with Gasteiger partial charge in [-0.3, -0.25) is 0 Å². The molecule has 0 spiro atoms. The SMILES string of the molecule is CNC1(C(F)F)CCCC(C(C)C)CC1. The Kier molecular flexibility index (Phi) is 4.50. The van der Waals surface area contributed by atoms with Gasteiger partial charge in [-0.2, -0.15) is 0 Å². The highest BCUT2D eigenvalue weighted by Crippen LogP contribution is 2.36. The van der Waals surface area contributed by atoms with Crippen LogP contribution in [-0.4, -0.2) is 19.0 Å². The van der Waals surface area contributed by atoms with Crippen molar-refractivity contribution in [2.24, 2.45) is 11.8 Å². The zero-order valence-corrected chi connectivity index (χ0v) is 10.0. The van der Waals surface area contributed by atoms with Gasteiger partial charge in [-0.1, -0.05) is 26.7 Å². The van der Waals surface area contributed by atoms with Crippen molar-refractivity contribution in [3.8, 4) is 0 Å². The maximum absolute atomic E-state index is 13.0. The molecular weight excluding hydrogens is 196 g/mol. The van der Waals surface area contributed by atoms with Crippen LogP contribution in [-0.2, 0) is 0 Å². The van der Waals surface area contributed by atoms with E-state index in [-0.39, 0.29) is 0 Å². The van der Waals surface area contributed by atoms with E-state index in [0.29, 0.717) is 24.7 Å². The number of alkyl halides is 2. The van der Waals surface area contributed by atoms with E-state index in [1.54, 1.807) is 7.05 Å². The maximum atomic E-state index is 13.0. The molecule has 0 radical (unpaired) electrons. The molecule has 1 saturated carbocycles. The second kappa shape index (κ2) is 5.24. The number of nitrogens with one attached hydrogen (secondary N) is 1. The maximum Gasteiger partial charge on any atom is 0.256 e. The van der Waals surface area contributed by atoms with Crippen LogP contribution in [0, 0.1) is 11.8 Å². The van der Waals surface area contributed by atoms with Gasteiger partial charge in [0.05, 0.1) is 5.54 Å². The Hall–Kier alpha value is -0.180. The summed E-state index contributed by atoms with van der Waals surface area (Å²) in [7, 11) is 1.67. The van der Waals surface area contributed by atoms with Crippen molar-refractivity contribution in [1.29, 1.82) is 0 Å². The zero-order valence-electron chi connectivity index (χ0n) is 10.0. The molecule has 1 fully saturated rings. The van der Waals surface area contributed by atoms with Crippen LogP contribution in [0.2, 0.25) is 0 Å². The van der Waals surface area contributed by atoms with Gasteiger partial charge in [0, 0.05) is 0 Å². The topological polar surface area (TPSA) is 12.0 Å². The third-order valence-corrected chi connectivity index (χ3v) is 4.02. The third-order valence-electron chi connectivity index (χ3n) is 4.02. The lowest BCUT2D eigenvalue weighted by atomic mass is 9.87. The van der Waals surface area contributed by atoms with Crippen molar-refractivity contribution in [3.63, 3.8) is 0 Å². The predicted octanol–water partition coefficient (Wildman–Crippen LogP) is 3.45. The van der Waals surface area contributed by atoms with E-state index >= 15 is 0 Å². The van der Waals surface area contributed by atoms with Crippen LogP contribution in [0.4, 0.5) is 8.78 Å². The van der Waals surface area contributed by atoms with Crippen LogP contribution in [0.25, 0.3) is 0 Å². The molecule has 0 aliphatic heterocycles. The highest BCUT2D eigenvalue weighted by molar-refractivity contribution is 4.92. The largest absolute Gasteiger partial charge is 0.309 e. The molecule has 1 rings (SSSR count). The summed E-state index contributed by atoms with van der Waals surface area (Å²) in [6, 6.07) is 0. The normalized spacial score (nSPS) is 33.4. The Balaban J connectivity index is 2.64. The van der Waals surface area contributed by atoms with Gasteiger partial charge in [-0.25, -0.2) is 8.78 Å². The summed E-state index contributed by atoms with van der Waals surface area (Å²) >= 11 is 0. The molecule has 1 aliphatic carbocycles. The van der Waals surface area contributed by atoms with Crippen molar-refractivity contribution >= 4 is 0 Å². The lowest BCUT2D eigenvalue weighted by Gasteiger charge is -2.31. The molecule has 0 saturated heterocycles. The summed E-state index contributed by atoms with van der Waals surface area (Å²) in [5, 5.41) is 2.87. The minimum Gasteiger partial charge on any atom is -0.309 e. The zero-order chi connectivity index (χ0) is 11.5.